The van der Waals surface area contributed by atoms with Crippen LogP contribution in [0.1, 0.15) is 69.9 Å². The molecule has 1 aliphatic carbocycles. The average molecular weight is 725 g/mol. The SMILES string of the molecule is CCCCCCC1(C)C(/C=C2\C(=O)C(c3ccc(N(CCCS(=O)(=O)O)CCCS(=O)(=O)O)cc3)=C2O)=Nc2ccc(SOOO)cc21. The van der Waals surface area contributed by atoms with Crippen molar-refractivity contribution in [3.05, 3.63) is 71.0 Å². The Labute approximate surface area is 284 Å². The topological polar surface area (TPSA) is 200 Å². The van der Waals surface area contributed by atoms with Crippen LogP contribution in [0, 0.1) is 0 Å². The van der Waals surface area contributed by atoms with E-state index >= 15 is 0 Å². The van der Waals surface area contributed by atoms with Crippen LogP contribution < -0.4 is 4.90 Å². The van der Waals surface area contributed by atoms with Gasteiger partial charge in [0.2, 0.25) is 5.78 Å². The molecule has 0 fully saturated rings. The van der Waals surface area contributed by atoms with Gasteiger partial charge in [-0.1, -0.05) is 49.8 Å². The molecule has 2 aromatic carbocycles. The van der Waals surface area contributed by atoms with Crippen molar-refractivity contribution in [3.8, 4) is 0 Å². The van der Waals surface area contributed by atoms with Crippen LogP contribution in [0.5, 0.6) is 0 Å². The summed E-state index contributed by atoms with van der Waals surface area (Å²) in [5.74, 6) is -1.48. The number of aliphatic hydroxyl groups is 1. The molecule has 1 heterocycles. The first-order valence-electron chi connectivity index (χ1n) is 15.5. The Bertz CT molecular complexity index is 1770. The molecule has 16 heteroatoms. The van der Waals surface area contributed by atoms with Crippen molar-refractivity contribution < 1.29 is 50.5 Å². The van der Waals surface area contributed by atoms with E-state index in [1.165, 1.54) is 0 Å². The number of hydrogen-bond donors (Lipinski definition) is 4. The number of carbonyl (C=O) groups is 1. The van der Waals surface area contributed by atoms with E-state index in [9.17, 15) is 26.7 Å². The fourth-order valence-electron chi connectivity index (χ4n) is 5.96. The van der Waals surface area contributed by atoms with Crippen LogP contribution >= 0.6 is 12.0 Å². The number of carbonyl (C=O) groups excluding carboxylic acids is 1. The van der Waals surface area contributed by atoms with Crippen molar-refractivity contribution in [2.24, 2.45) is 4.99 Å². The van der Waals surface area contributed by atoms with Crippen LogP contribution in [0.3, 0.4) is 0 Å². The van der Waals surface area contributed by atoms with E-state index in [2.05, 4.69) is 23.2 Å². The maximum absolute atomic E-state index is 13.4. The highest BCUT2D eigenvalue weighted by atomic mass is 32.2. The van der Waals surface area contributed by atoms with Crippen LogP contribution in [0.15, 0.2) is 69.8 Å². The Balaban J connectivity index is 1.57. The first kappa shape index (κ1) is 37.7. The number of rotatable bonds is 19. The standard InChI is InChI=1S/C32H40N2O11S3/c1-3-4-5-6-15-32(2)26-20-24(46-45-44-37)13-14-27(26)33-28(32)21-25-30(35)29(31(25)36)22-9-11-23(12-10-22)34(16-7-18-47(38,39)40)17-8-19-48(41,42)43/h9-14,20-21,35,37H,3-8,15-19H2,1-2H3,(H,38,39,40)(H,41,42,43)/b25-21-. The monoisotopic (exact) mass is 724 g/mol. The molecule has 13 nitrogen and oxygen atoms in total. The third kappa shape index (κ3) is 9.53. The van der Waals surface area contributed by atoms with Gasteiger partial charge in [0.25, 0.3) is 20.2 Å². The zero-order chi connectivity index (χ0) is 35.1. The quantitative estimate of drug-likeness (QED) is 0.0316. The third-order valence-electron chi connectivity index (χ3n) is 8.49. The van der Waals surface area contributed by atoms with Crippen molar-refractivity contribution in [3.63, 3.8) is 0 Å². The van der Waals surface area contributed by atoms with Gasteiger partial charge in [-0.2, -0.15) is 16.8 Å². The maximum Gasteiger partial charge on any atom is 0.264 e. The molecule has 1 atom stereocenters. The molecular formula is C32H40N2O11S3. The van der Waals surface area contributed by atoms with Gasteiger partial charge in [-0.05, 0) is 73.7 Å². The van der Waals surface area contributed by atoms with Gasteiger partial charge >= 0.3 is 0 Å². The Morgan fingerprint density at radius 2 is 1.58 bits per heavy atom. The second kappa shape index (κ2) is 16.1. The Morgan fingerprint density at radius 3 is 2.15 bits per heavy atom. The van der Waals surface area contributed by atoms with Gasteiger partial charge in [0.15, 0.2) is 0 Å². The highest BCUT2D eigenvalue weighted by Gasteiger charge is 2.41. The third-order valence-corrected chi connectivity index (χ3v) is 10.7. The summed E-state index contributed by atoms with van der Waals surface area (Å²) >= 11 is 0.849. The number of hydrogen-bond acceptors (Lipinski definition) is 12. The summed E-state index contributed by atoms with van der Waals surface area (Å²) in [6.45, 7) is 4.54. The number of unbranched alkanes of at least 4 members (excludes halogenated alkanes) is 3. The van der Waals surface area contributed by atoms with Crippen molar-refractivity contribution in [1.29, 1.82) is 0 Å². The van der Waals surface area contributed by atoms with E-state index in [4.69, 9.17) is 19.4 Å². The van der Waals surface area contributed by atoms with Crippen molar-refractivity contribution in [2.45, 2.75) is 69.1 Å². The molecule has 0 amide bonds. The summed E-state index contributed by atoms with van der Waals surface area (Å²) < 4.78 is 67.6. The molecule has 4 rings (SSSR count). The van der Waals surface area contributed by atoms with Gasteiger partial charge in [0.05, 0.1) is 46.1 Å². The number of fused-ring (bicyclic) bond motifs is 1. The lowest BCUT2D eigenvalue weighted by molar-refractivity contribution is -0.432. The predicted octanol–water partition coefficient (Wildman–Crippen LogP) is 6.27. The molecule has 0 saturated carbocycles. The predicted molar refractivity (Wildman–Crippen MR) is 184 cm³/mol. The van der Waals surface area contributed by atoms with Crippen LogP contribution in [0.4, 0.5) is 11.4 Å². The van der Waals surface area contributed by atoms with E-state index < -0.39 is 37.2 Å². The Morgan fingerprint density at radius 1 is 0.938 bits per heavy atom. The van der Waals surface area contributed by atoms with Crippen molar-refractivity contribution in [1.82, 2.24) is 0 Å². The second-order valence-electron chi connectivity index (χ2n) is 12.0. The maximum atomic E-state index is 13.4. The Kier molecular flexibility index (Phi) is 12.6. The first-order chi connectivity index (χ1) is 22.7. The van der Waals surface area contributed by atoms with Crippen LogP contribution in [-0.4, -0.2) is 72.4 Å². The average Bonchev–Trinajstić information content (AvgIpc) is 3.30. The highest BCUT2D eigenvalue weighted by molar-refractivity contribution is 7.94. The fraction of sp³-hybridized carbons (Fsp3) is 0.438. The molecule has 0 aromatic heterocycles. The molecule has 2 aromatic rings. The van der Waals surface area contributed by atoms with E-state index in [1.807, 2.05) is 12.1 Å². The van der Waals surface area contributed by atoms with Gasteiger partial charge in [0.1, 0.15) is 5.76 Å². The minimum Gasteiger partial charge on any atom is -0.506 e. The van der Waals surface area contributed by atoms with Crippen molar-refractivity contribution >= 4 is 60.7 Å². The van der Waals surface area contributed by atoms with Gasteiger partial charge in [-0.25, -0.2) is 5.26 Å². The molecule has 262 valence electrons. The highest BCUT2D eigenvalue weighted by Crippen LogP contribution is 2.47. The van der Waals surface area contributed by atoms with Crippen LogP contribution in [-0.2, 0) is 39.8 Å². The minimum absolute atomic E-state index is 0.0708. The number of aliphatic imine (C=N–C) groups is 1. The molecular weight excluding hydrogens is 685 g/mol. The number of allylic oxidation sites excluding steroid dienone is 3. The van der Waals surface area contributed by atoms with Gasteiger partial charge in [0, 0.05) is 29.1 Å². The van der Waals surface area contributed by atoms with Gasteiger partial charge in [-0.15, -0.1) is 4.33 Å². The number of benzene rings is 2. The van der Waals surface area contributed by atoms with E-state index in [0.29, 0.717) is 21.9 Å². The summed E-state index contributed by atoms with van der Waals surface area (Å²) in [5.41, 5.74) is 3.09. The normalized spacial score (nSPS) is 18.6. The zero-order valence-corrected chi connectivity index (χ0v) is 29.1. The molecule has 0 saturated heterocycles. The van der Waals surface area contributed by atoms with E-state index in [-0.39, 0.29) is 48.6 Å². The molecule has 1 aliphatic heterocycles. The molecule has 48 heavy (non-hydrogen) atoms. The molecule has 2 aliphatic rings. The summed E-state index contributed by atoms with van der Waals surface area (Å²) in [4.78, 5) is 20.7. The summed E-state index contributed by atoms with van der Waals surface area (Å²) in [7, 11) is -8.38. The first-order valence-corrected chi connectivity index (χ1v) is 19.5. The molecule has 4 N–H and O–H groups in total. The lowest BCUT2D eigenvalue weighted by Crippen LogP contribution is -2.31. The lowest BCUT2D eigenvalue weighted by atomic mass is 9.73. The minimum atomic E-state index is -4.19. The summed E-state index contributed by atoms with van der Waals surface area (Å²) in [6.07, 6.45) is 6.66. The number of nitrogens with zero attached hydrogens (tertiary/aromatic N) is 2. The van der Waals surface area contributed by atoms with Crippen LogP contribution in [0.25, 0.3) is 5.57 Å². The molecule has 0 radical (unpaired) electrons. The smallest absolute Gasteiger partial charge is 0.264 e. The molecule has 1 unspecified atom stereocenters. The number of anilines is 1. The number of Topliss-reactive ketones (excluding diaryl/α,β-unsaturated/α-hetero) is 1. The largest absolute Gasteiger partial charge is 0.506 e. The fourth-order valence-corrected chi connectivity index (χ4v) is 7.34. The lowest BCUT2D eigenvalue weighted by Gasteiger charge is -2.29. The van der Waals surface area contributed by atoms with Crippen LogP contribution in [0.2, 0.25) is 0 Å². The molecule has 0 spiro atoms. The summed E-state index contributed by atoms with van der Waals surface area (Å²) in [6, 6.07) is 12.1. The van der Waals surface area contributed by atoms with E-state index in [1.54, 1.807) is 41.3 Å². The number of ketones is 1. The zero-order valence-electron chi connectivity index (χ0n) is 26.7. The van der Waals surface area contributed by atoms with E-state index in [0.717, 1.165) is 55.4 Å². The Hall–Kier alpha value is -3.09. The summed E-state index contributed by atoms with van der Waals surface area (Å²) in [5, 5.41) is 23.4. The number of aliphatic hydroxyl groups excluding tert-OH is 1. The van der Waals surface area contributed by atoms with Gasteiger partial charge < -0.3 is 10.0 Å². The second-order valence-corrected chi connectivity index (χ2v) is 15.9. The molecule has 0 bridgehead atoms. The van der Waals surface area contributed by atoms with Crippen molar-refractivity contribution in [2.75, 3.05) is 29.5 Å². The van der Waals surface area contributed by atoms with Gasteiger partial charge in [-0.3, -0.25) is 18.9 Å².